The Labute approximate surface area is 192 Å². The summed E-state index contributed by atoms with van der Waals surface area (Å²) in [6.45, 7) is 4.89. The smallest absolute Gasteiger partial charge is 0.255 e. The summed E-state index contributed by atoms with van der Waals surface area (Å²) >= 11 is 0. The van der Waals surface area contributed by atoms with Crippen molar-refractivity contribution in [2.45, 2.75) is 129 Å². The monoisotopic (exact) mass is 431 g/mol. The molecule has 1 aromatic rings. The van der Waals surface area contributed by atoms with Gasteiger partial charge in [-0.3, -0.25) is 4.79 Å². The molecule has 0 aromatic heterocycles. The maximum absolute atomic E-state index is 12.1. The first-order valence-corrected chi connectivity index (χ1v) is 13.2. The van der Waals surface area contributed by atoms with E-state index in [0.29, 0.717) is 12.1 Å². The van der Waals surface area contributed by atoms with Crippen molar-refractivity contribution in [3.63, 3.8) is 0 Å². The van der Waals surface area contributed by atoms with E-state index in [1.807, 2.05) is 13.0 Å². The predicted molar refractivity (Wildman–Crippen MR) is 134 cm³/mol. The fourth-order valence-electron chi connectivity index (χ4n) is 4.16. The molecule has 0 aliphatic heterocycles. The third kappa shape index (κ3) is 15.0. The first-order valence-electron chi connectivity index (χ1n) is 13.2. The van der Waals surface area contributed by atoms with Gasteiger partial charge >= 0.3 is 0 Å². The highest BCUT2D eigenvalue weighted by molar-refractivity contribution is 5.96. The van der Waals surface area contributed by atoms with Gasteiger partial charge in [0.15, 0.2) is 0 Å². The predicted octanol–water partition coefficient (Wildman–Crippen LogP) is 8.47. The van der Waals surface area contributed by atoms with Crippen LogP contribution in [0.1, 0.15) is 138 Å². The number of unbranched alkanes of at least 4 members (excludes halogenated alkanes) is 17. The van der Waals surface area contributed by atoms with Gasteiger partial charge in [0, 0.05) is 6.54 Å². The summed E-state index contributed by atoms with van der Waals surface area (Å²) in [5.74, 6) is -0.117. The van der Waals surface area contributed by atoms with Gasteiger partial charge in [0.2, 0.25) is 0 Å². The Kier molecular flexibility index (Phi) is 17.0. The molecule has 0 aliphatic rings. The lowest BCUT2D eigenvalue weighted by molar-refractivity contribution is 0.0950. The molecule has 0 saturated heterocycles. The molecular formula is C28H49NO2. The highest BCUT2D eigenvalue weighted by atomic mass is 16.3. The van der Waals surface area contributed by atoms with Gasteiger partial charge in [0.05, 0.1) is 5.56 Å². The van der Waals surface area contributed by atoms with Gasteiger partial charge in [0.1, 0.15) is 5.75 Å². The van der Waals surface area contributed by atoms with Crippen molar-refractivity contribution in [3.8, 4) is 5.75 Å². The fraction of sp³-hybridized carbons (Fsp3) is 0.750. The van der Waals surface area contributed by atoms with Gasteiger partial charge < -0.3 is 10.4 Å². The zero-order chi connectivity index (χ0) is 22.6. The minimum Gasteiger partial charge on any atom is -0.507 e. The molecular weight excluding hydrogens is 382 g/mol. The van der Waals surface area contributed by atoms with Gasteiger partial charge in [-0.2, -0.15) is 0 Å². The van der Waals surface area contributed by atoms with Crippen molar-refractivity contribution >= 4 is 5.91 Å². The number of hydrogen-bond acceptors (Lipinski definition) is 2. The molecule has 0 atom stereocenters. The number of carbonyl (C=O) groups excluding carboxylic acids is 1. The number of benzene rings is 1. The number of rotatable bonds is 20. The minimum absolute atomic E-state index is 0.0564. The summed E-state index contributed by atoms with van der Waals surface area (Å²) in [7, 11) is 0. The second-order valence-corrected chi connectivity index (χ2v) is 9.29. The van der Waals surface area contributed by atoms with Crippen LogP contribution in [-0.4, -0.2) is 17.6 Å². The van der Waals surface area contributed by atoms with E-state index in [1.54, 1.807) is 12.1 Å². The molecule has 2 N–H and O–H groups in total. The number of aryl methyl sites for hydroxylation is 1. The minimum atomic E-state index is -0.173. The summed E-state index contributed by atoms with van der Waals surface area (Å²) in [5.41, 5.74) is 1.36. The lowest BCUT2D eigenvalue weighted by atomic mass is 10.0. The summed E-state index contributed by atoms with van der Waals surface area (Å²) < 4.78 is 0. The van der Waals surface area contributed by atoms with Crippen LogP contribution in [0.15, 0.2) is 18.2 Å². The van der Waals surface area contributed by atoms with Gasteiger partial charge in [0.25, 0.3) is 5.91 Å². The molecule has 1 aromatic carbocycles. The standard InChI is InChI=1S/C28H49NO2/c1-3-4-5-6-7-8-9-10-11-12-13-14-15-16-17-18-19-20-23-29-28(31)26-24-25(2)21-22-27(26)30/h21-22,24,30H,3-20,23H2,1-2H3,(H,29,31). The van der Waals surface area contributed by atoms with Crippen LogP contribution in [0.3, 0.4) is 0 Å². The van der Waals surface area contributed by atoms with Crippen molar-refractivity contribution in [1.82, 2.24) is 5.32 Å². The van der Waals surface area contributed by atoms with E-state index in [-0.39, 0.29) is 11.7 Å². The quantitative estimate of drug-likeness (QED) is 0.203. The maximum Gasteiger partial charge on any atom is 0.255 e. The van der Waals surface area contributed by atoms with E-state index in [2.05, 4.69) is 12.2 Å². The molecule has 0 spiro atoms. The molecule has 0 unspecified atom stereocenters. The number of phenols is 1. The molecule has 178 valence electrons. The molecule has 0 aliphatic carbocycles. The highest BCUT2D eigenvalue weighted by Crippen LogP contribution is 2.18. The van der Waals surface area contributed by atoms with E-state index in [0.717, 1.165) is 12.0 Å². The highest BCUT2D eigenvalue weighted by Gasteiger charge is 2.10. The number of amides is 1. The lowest BCUT2D eigenvalue weighted by Gasteiger charge is -2.08. The molecule has 0 saturated carbocycles. The SMILES string of the molecule is CCCCCCCCCCCCCCCCCCCCNC(=O)c1cc(C)ccc1O. The first kappa shape index (κ1) is 27.5. The molecule has 0 bridgehead atoms. The van der Waals surface area contributed by atoms with Gasteiger partial charge in [-0.05, 0) is 25.5 Å². The molecule has 1 rings (SSSR count). The Hall–Kier alpha value is -1.51. The Morgan fingerprint density at radius 3 is 1.58 bits per heavy atom. The topological polar surface area (TPSA) is 49.3 Å². The van der Waals surface area contributed by atoms with Gasteiger partial charge in [-0.1, -0.05) is 128 Å². The van der Waals surface area contributed by atoms with E-state index < -0.39 is 0 Å². The van der Waals surface area contributed by atoms with Crippen LogP contribution in [0, 0.1) is 6.92 Å². The number of nitrogens with one attached hydrogen (secondary N) is 1. The molecule has 0 heterocycles. The van der Waals surface area contributed by atoms with Crippen LogP contribution in [0.4, 0.5) is 0 Å². The average Bonchev–Trinajstić information content (AvgIpc) is 2.76. The Morgan fingerprint density at radius 1 is 0.710 bits per heavy atom. The van der Waals surface area contributed by atoms with E-state index in [1.165, 1.54) is 109 Å². The van der Waals surface area contributed by atoms with Crippen molar-refractivity contribution in [3.05, 3.63) is 29.3 Å². The normalized spacial score (nSPS) is 11.0. The largest absolute Gasteiger partial charge is 0.507 e. The molecule has 3 heteroatoms. The number of phenolic OH excluding ortho intramolecular Hbond substituents is 1. The average molecular weight is 432 g/mol. The fourth-order valence-corrected chi connectivity index (χ4v) is 4.16. The second-order valence-electron chi connectivity index (χ2n) is 9.29. The third-order valence-electron chi connectivity index (χ3n) is 6.21. The summed E-state index contributed by atoms with van der Waals surface area (Å²) in [6.07, 6.45) is 24.5. The van der Waals surface area contributed by atoms with Crippen molar-refractivity contribution in [2.75, 3.05) is 6.54 Å². The molecule has 1 amide bonds. The third-order valence-corrected chi connectivity index (χ3v) is 6.21. The number of aromatic hydroxyl groups is 1. The lowest BCUT2D eigenvalue weighted by Crippen LogP contribution is -2.24. The number of hydrogen-bond donors (Lipinski definition) is 2. The first-order chi connectivity index (χ1) is 15.1. The van der Waals surface area contributed by atoms with Crippen LogP contribution < -0.4 is 5.32 Å². The number of carbonyl (C=O) groups is 1. The maximum atomic E-state index is 12.1. The van der Waals surface area contributed by atoms with Crippen LogP contribution in [0.5, 0.6) is 5.75 Å². The van der Waals surface area contributed by atoms with Crippen molar-refractivity contribution < 1.29 is 9.90 Å². The summed E-state index contributed by atoms with van der Waals surface area (Å²) in [4.78, 5) is 12.1. The van der Waals surface area contributed by atoms with Crippen molar-refractivity contribution in [2.24, 2.45) is 0 Å². The van der Waals surface area contributed by atoms with Crippen molar-refractivity contribution in [1.29, 1.82) is 0 Å². The zero-order valence-corrected chi connectivity index (χ0v) is 20.5. The zero-order valence-electron chi connectivity index (χ0n) is 20.5. The Morgan fingerprint density at radius 2 is 1.13 bits per heavy atom. The molecule has 0 radical (unpaired) electrons. The van der Waals surface area contributed by atoms with E-state index in [9.17, 15) is 9.90 Å². The van der Waals surface area contributed by atoms with Crippen LogP contribution in [-0.2, 0) is 0 Å². The van der Waals surface area contributed by atoms with E-state index >= 15 is 0 Å². The Bertz CT molecular complexity index is 570. The molecule has 0 fully saturated rings. The van der Waals surface area contributed by atoms with Crippen LogP contribution in [0.25, 0.3) is 0 Å². The van der Waals surface area contributed by atoms with Crippen LogP contribution in [0.2, 0.25) is 0 Å². The summed E-state index contributed by atoms with van der Waals surface area (Å²) in [6, 6.07) is 5.13. The molecule has 3 nitrogen and oxygen atoms in total. The van der Waals surface area contributed by atoms with Crippen LogP contribution >= 0.6 is 0 Å². The molecule has 31 heavy (non-hydrogen) atoms. The van der Waals surface area contributed by atoms with Gasteiger partial charge in [-0.25, -0.2) is 0 Å². The summed E-state index contributed by atoms with van der Waals surface area (Å²) in [5, 5.41) is 12.7. The Balaban J connectivity index is 1.81. The van der Waals surface area contributed by atoms with Gasteiger partial charge in [-0.15, -0.1) is 0 Å². The van der Waals surface area contributed by atoms with E-state index in [4.69, 9.17) is 0 Å². The second kappa shape index (κ2) is 19.2.